The lowest BCUT2D eigenvalue weighted by molar-refractivity contribution is 0.622. The first-order chi connectivity index (χ1) is 7.59. The molecule has 1 nitrogen and oxygen atoms in total. The van der Waals surface area contributed by atoms with Crippen LogP contribution in [0.25, 0.3) is 0 Å². The van der Waals surface area contributed by atoms with Crippen molar-refractivity contribution in [1.82, 2.24) is 0 Å². The molecule has 1 heterocycles. The topological polar surface area (TPSA) is 26.0 Å². The summed E-state index contributed by atoms with van der Waals surface area (Å²) in [6.45, 7) is 3.99. The van der Waals surface area contributed by atoms with E-state index < -0.39 is 0 Å². The number of nitrogens with two attached hydrogens (primary N) is 1. The highest BCUT2D eigenvalue weighted by Crippen LogP contribution is 2.28. The number of thiophene rings is 1. The van der Waals surface area contributed by atoms with Crippen LogP contribution in [0.1, 0.15) is 27.6 Å². The van der Waals surface area contributed by atoms with Crippen molar-refractivity contribution in [3.63, 3.8) is 0 Å². The minimum atomic E-state index is -0.234. The van der Waals surface area contributed by atoms with Crippen LogP contribution in [0.5, 0.6) is 0 Å². The highest BCUT2D eigenvalue weighted by Gasteiger charge is 2.14. The van der Waals surface area contributed by atoms with E-state index in [1.165, 1.54) is 17.0 Å². The molecular formula is C13H14FNS. The van der Waals surface area contributed by atoms with Crippen LogP contribution in [-0.4, -0.2) is 0 Å². The van der Waals surface area contributed by atoms with Gasteiger partial charge < -0.3 is 5.73 Å². The van der Waals surface area contributed by atoms with Gasteiger partial charge in [-0.1, -0.05) is 6.07 Å². The Morgan fingerprint density at radius 3 is 2.56 bits per heavy atom. The third-order valence-electron chi connectivity index (χ3n) is 2.81. The Balaban J connectivity index is 2.45. The second kappa shape index (κ2) is 4.36. The van der Waals surface area contributed by atoms with Crippen LogP contribution in [0.3, 0.4) is 0 Å². The zero-order valence-electron chi connectivity index (χ0n) is 9.33. The number of rotatable bonds is 2. The van der Waals surface area contributed by atoms with Gasteiger partial charge in [-0.05, 0) is 54.1 Å². The van der Waals surface area contributed by atoms with E-state index in [1.807, 2.05) is 25.3 Å². The van der Waals surface area contributed by atoms with E-state index >= 15 is 0 Å². The number of hydrogen-bond acceptors (Lipinski definition) is 2. The maximum Gasteiger partial charge on any atom is 0.123 e. The van der Waals surface area contributed by atoms with Crippen molar-refractivity contribution >= 4 is 11.3 Å². The average Bonchev–Trinajstić information content (AvgIpc) is 2.67. The molecule has 0 radical (unpaired) electrons. The summed E-state index contributed by atoms with van der Waals surface area (Å²) >= 11 is 1.66. The highest BCUT2D eigenvalue weighted by molar-refractivity contribution is 7.10. The molecule has 0 bridgehead atoms. The third kappa shape index (κ3) is 2.01. The molecule has 84 valence electrons. The molecule has 0 aliphatic heterocycles. The van der Waals surface area contributed by atoms with Gasteiger partial charge in [-0.25, -0.2) is 4.39 Å². The van der Waals surface area contributed by atoms with Gasteiger partial charge in [-0.15, -0.1) is 11.3 Å². The lowest BCUT2D eigenvalue weighted by Gasteiger charge is -2.14. The summed E-state index contributed by atoms with van der Waals surface area (Å²) in [6.07, 6.45) is 0. The summed E-state index contributed by atoms with van der Waals surface area (Å²) in [5.74, 6) is -0.232. The lowest BCUT2D eigenvalue weighted by atomic mass is 9.96. The molecule has 3 heteroatoms. The van der Waals surface area contributed by atoms with Crippen molar-refractivity contribution in [2.75, 3.05) is 0 Å². The molecule has 16 heavy (non-hydrogen) atoms. The third-order valence-corrected chi connectivity index (χ3v) is 3.67. The molecule has 0 saturated heterocycles. The Labute approximate surface area is 98.7 Å². The van der Waals surface area contributed by atoms with E-state index in [0.717, 1.165) is 16.7 Å². The monoisotopic (exact) mass is 235 g/mol. The highest BCUT2D eigenvalue weighted by atomic mass is 32.1. The van der Waals surface area contributed by atoms with Crippen LogP contribution in [0.2, 0.25) is 0 Å². The molecule has 1 unspecified atom stereocenters. The molecular weight excluding hydrogens is 221 g/mol. The van der Waals surface area contributed by atoms with Gasteiger partial charge in [-0.2, -0.15) is 0 Å². The van der Waals surface area contributed by atoms with E-state index in [4.69, 9.17) is 5.73 Å². The summed E-state index contributed by atoms with van der Waals surface area (Å²) < 4.78 is 13.2. The fraction of sp³-hybridized carbons (Fsp3) is 0.231. The number of aryl methyl sites for hydroxylation is 2. The van der Waals surface area contributed by atoms with Crippen molar-refractivity contribution in [3.05, 3.63) is 57.0 Å². The first kappa shape index (κ1) is 11.3. The maximum atomic E-state index is 13.2. The predicted octanol–water partition coefficient (Wildman–Crippen LogP) is 3.55. The Bertz CT molecular complexity index is 504. The van der Waals surface area contributed by atoms with Gasteiger partial charge in [0.2, 0.25) is 0 Å². The van der Waals surface area contributed by atoms with Crippen LogP contribution in [0, 0.1) is 19.7 Å². The molecule has 1 aromatic heterocycles. The quantitative estimate of drug-likeness (QED) is 0.846. The standard InChI is InChI=1S/C13H14FNS/c1-8-3-4-10(14)7-12(8)13(15)11-5-6-16-9(11)2/h3-7,13H,15H2,1-2H3. The summed E-state index contributed by atoms with van der Waals surface area (Å²) in [5.41, 5.74) is 9.14. The Morgan fingerprint density at radius 1 is 1.19 bits per heavy atom. The molecule has 0 spiro atoms. The van der Waals surface area contributed by atoms with E-state index in [9.17, 15) is 4.39 Å². The Hall–Kier alpha value is -1.19. The van der Waals surface area contributed by atoms with E-state index in [-0.39, 0.29) is 11.9 Å². The fourth-order valence-electron chi connectivity index (χ4n) is 1.83. The van der Waals surface area contributed by atoms with Gasteiger partial charge >= 0.3 is 0 Å². The summed E-state index contributed by atoms with van der Waals surface area (Å²) in [5, 5.41) is 2.01. The maximum absolute atomic E-state index is 13.2. The molecule has 1 atom stereocenters. The van der Waals surface area contributed by atoms with Crippen LogP contribution in [-0.2, 0) is 0 Å². The minimum Gasteiger partial charge on any atom is -0.320 e. The normalized spacial score (nSPS) is 12.8. The Morgan fingerprint density at radius 2 is 1.94 bits per heavy atom. The smallest absolute Gasteiger partial charge is 0.123 e. The molecule has 0 saturated carbocycles. The molecule has 2 aromatic rings. The summed E-state index contributed by atoms with van der Waals surface area (Å²) in [4.78, 5) is 1.19. The van der Waals surface area contributed by atoms with Crippen molar-refractivity contribution in [3.8, 4) is 0 Å². The zero-order valence-corrected chi connectivity index (χ0v) is 10.1. The van der Waals surface area contributed by atoms with E-state index in [2.05, 4.69) is 0 Å². The van der Waals surface area contributed by atoms with Crippen LogP contribution in [0.15, 0.2) is 29.6 Å². The van der Waals surface area contributed by atoms with Crippen molar-refractivity contribution in [2.24, 2.45) is 5.73 Å². The number of benzene rings is 1. The van der Waals surface area contributed by atoms with Crippen LogP contribution < -0.4 is 5.73 Å². The second-order valence-corrected chi connectivity index (χ2v) is 5.03. The average molecular weight is 235 g/mol. The minimum absolute atomic E-state index is 0.232. The molecule has 0 aliphatic carbocycles. The SMILES string of the molecule is Cc1ccc(F)cc1C(N)c1ccsc1C. The zero-order chi connectivity index (χ0) is 11.7. The fourth-order valence-corrected chi connectivity index (χ4v) is 2.58. The molecule has 1 aromatic carbocycles. The first-order valence-electron chi connectivity index (χ1n) is 5.15. The van der Waals surface area contributed by atoms with Crippen molar-refractivity contribution < 1.29 is 4.39 Å². The van der Waals surface area contributed by atoms with Gasteiger partial charge in [0, 0.05) is 4.88 Å². The van der Waals surface area contributed by atoms with Crippen LogP contribution >= 0.6 is 11.3 Å². The number of halogens is 1. The Kier molecular flexibility index (Phi) is 3.08. The van der Waals surface area contributed by atoms with Gasteiger partial charge in [0.25, 0.3) is 0 Å². The largest absolute Gasteiger partial charge is 0.320 e. The molecule has 0 aliphatic rings. The molecule has 2 rings (SSSR count). The van der Waals surface area contributed by atoms with Crippen molar-refractivity contribution in [2.45, 2.75) is 19.9 Å². The van der Waals surface area contributed by atoms with Crippen LogP contribution in [0.4, 0.5) is 4.39 Å². The molecule has 2 N–H and O–H groups in total. The van der Waals surface area contributed by atoms with Crippen molar-refractivity contribution in [1.29, 1.82) is 0 Å². The first-order valence-corrected chi connectivity index (χ1v) is 6.03. The predicted molar refractivity (Wildman–Crippen MR) is 66.2 cm³/mol. The second-order valence-electron chi connectivity index (χ2n) is 3.91. The molecule has 0 amide bonds. The van der Waals surface area contributed by atoms with E-state index in [1.54, 1.807) is 17.4 Å². The summed E-state index contributed by atoms with van der Waals surface area (Å²) in [6, 6.07) is 6.53. The molecule has 0 fully saturated rings. The van der Waals surface area contributed by atoms with Gasteiger partial charge in [0.05, 0.1) is 6.04 Å². The van der Waals surface area contributed by atoms with Gasteiger partial charge in [0.1, 0.15) is 5.82 Å². The lowest BCUT2D eigenvalue weighted by Crippen LogP contribution is -2.13. The summed E-state index contributed by atoms with van der Waals surface area (Å²) in [7, 11) is 0. The van der Waals surface area contributed by atoms with Gasteiger partial charge in [-0.3, -0.25) is 0 Å². The van der Waals surface area contributed by atoms with E-state index in [0.29, 0.717) is 0 Å². The van der Waals surface area contributed by atoms with Gasteiger partial charge in [0.15, 0.2) is 0 Å². The number of hydrogen-bond donors (Lipinski definition) is 1.